The van der Waals surface area contributed by atoms with Crippen LogP contribution in [0, 0.1) is 5.82 Å². The number of amides is 1. The Morgan fingerprint density at radius 3 is 2.10 bits per heavy atom. The van der Waals surface area contributed by atoms with Gasteiger partial charge in [0.05, 0.1) is 23.8 Å². The highest BCUT2D eigenvalue weighted by atomic mass is 19.1. The average molecular weight is 555 g/mol. The zero-order chi connectivity index (χ0) is 29.5. The van der Waals surface area contributed by atoms with E-state index in [-0.39, 0.29) is 30.5 Å². The van der Waals surface area contributed by atoms with Crippen molar-refractivity contribution in [1.29, 1.82) is 0 Å². The SMILES string of the molecule is C=C(CCn1c(-c2ccc(F)cc2)c(-c2ccccc2)c(C(=O)Nc2ccccc2)c1C(C)C)C[C@@H](O)CC(=O)O. The number of hydrogen-bond donors (Lipinski definition) is 3. The zero-order valence-electron chi connectivity index (χ0n) is 23.3. The molecule has 6 nitrogen and oxygen atoms in total. The maximum absolute atomic E-state index is 14.1. The molecule has 3 aromatic carbocycles. The molecule has 1 heterocycles. The minimum absolute atomic E-state index is 0.0611. The van der Waals surface area contributed by atoms with Crippen LogP contribution in [0.5, 0.6) is 0 Å². The summed E-state index contributed by atoms with van der Waals surface area (Å²) in [6, 6.07) is 25.2. The van der Waals surface area contributed by atoms with E-state index in [0.29, 0.717) is 29.8 Å². The summed E-state index contributed by atoms with van der Waals surface area (Å²) < 4.78 is 16.1. The Balaban J connectivity index is 1.90. The van der Waals surface area contributed by atoms with Crippen molar-refractivity contribution in [2.45, 2.75) is 51.7 Å². The molecular formula is C34H35FN2O4. The topological polar surface area (TPSA) is 91.6 Å². The zero-order valence-corrected chi connectivity index (χ0v) is 23.3. The number of carbonyl (C=O) groups is 2. The molecule has 0 aliphatic heterocycles. The van der Waals surface area contributed by atoms with Crippen LogP contribution in [0.1, 0.15) is 55.1 Å². The molecule has 1 atom stereocenters. The number of anilines is 1. The first-order valence-electron chi connectivity index (χ1n) is 13.7. The van der Waals surface area contributed by atoms with Crippen molar-refractivity contribution in [3.05, 3.63) is 114 Å². The lowest BCUT2D eigenvalue weighted by Gasteiger charge is -2.18. The Morgan fingerprint density at radius 1 is 0.902 bits per heavy atom. The van der Waals surface area contributed by atoms with E-state index in [4.69, 9.17) is 5.11 Å². The Hall–Kier alpha value is -4.49. The van der Waals surface area contributed by atoms with E-state index < -0.39 is 12.1 Å². The van der Waals surface area contributed by atoms with Crippen LogP contribution in [-0.2, 0) is 11.3 Å². The van der Waals surface area contributed by atoms with E-state index in [1.807, 2.05) is 74.5 Å². The second kappa shape index (κ2) is 13.2. The molecule has 7 heteroatoms. The molecule has 0 aliphatic carbocycles. The van der Waals surface area contributed by atoms with Gasteiger partial charge in [-0.3, -0.25) is 9.59 Å². The number of aliphatic carboxylic acids is 1. The third-order valence-corrected chi connectivity index (χ3v) is 6.91. The summed E-state index contributed by atoms with van der Waals surface area (Å²) in [5.74, 6) is -1.75. The number of rotatable bonds is 12. The Labute approximate surface area is 239 Å². The summed E-state index contributed by atoms with van der Waals surface area (Å²) in [6.45, 7) is 8.57. The van der Waals surface area contributed by atoms with Crippen molar-refractivity contribution >= 4 is 17.6 Å². The lowest BCUT2D eigenvalue weighted by atomic mass is 9.94. The normalized spacial score (nSPS) is 11.8. The van der Waals surface area contributed by atoms with E-state index in [9.17, 15) is 19.1 Å². The van der Waals surface area contributed by atoms with Gasteiger partial charge < -0.3 is 20.1 Å². The van der Waals surface area contributed by atoms with Gasteiger partial charge in [-0.1, -0.05) is 74.5 Å². The van der Waals surface area contributed by atoms with Crippen molar-refractivity contribution in [2.75, 3.05) is 5.32 Å². The van der Waals surface area contributed by atoms with Gasteiger partial charge in [0.25, 0.3) is 5.91 Å². The predicted octanol–water partition coefficient (Wildman–Crippen LogP) is 7.51. The van der Waals surface area contributed by atoms with Gasteiger partial charge in [-0.25, -0.2) is 4.39 Å². The largest absolute Gasteiger partial charge is 0.481 e. The number of aliphatic hydroxyl groups is 1. The number of carboxylic acid groups (broad SMARTS) is 1. The molecule has 1 amide bonds. The second-order valence-electron chi connectivity index (χ2n) is 10.4. The standard InChI is InChI=1S/C34H35FN2O4/c1-22(2)32-31(34(41)36-27-12-8-5-9-13-27)30(24-10-6-4-7-11-24)33(25-14-16-26(35)17-15-25)37(32)19-18-23(3)20-28(38)21-29(39)40/h4-17,22,28,38H,3,18-21H2,1-2H3,(H,36,41)(H,39,40)/t28-/m1/s1. The van der Waals surface area contributed by atoms with Crippen molar-refractivity contribution in [3.63, 3.8) is 0 Å². The lowest BCUT2D eigenvalue weighted by Crippen LogP contribution is -2.17. The third-order valence-electron chi connectivity index (χ3n) is 6.91. The number of nitrogens with one attached hydrogen (secondary N) is 1. The number of para-hydroxylation sites is 1. The highest BCUT2D eigenvalue weighted by Gasteiger charge is 2.30. The van der Waals surface area contributed by atoms with Gasteiger partial charge in [-0.05, 0) is 66.3 Å². The van der Waals surface area contributed by atoms with Crippen LogP contribution in [-0.4, -0.2) is 32.8 Å². The quantitative estimate of drug-likeness (QED) is 0.158. The number of benzene rings is 3. The van der Waals surface area contributed by atoms with Crippen molar-refractivity contribution in [3.8, 4) is 22.4 Å². The molecule has 4 rings (SSSR count). The van der Waals surface area contributed by atoms with E-state index in [0.717, 1.165) is 28.1 Å². The number of carboxylic acids is 1. The van der Waals surface area contributed by atoms with Crippen LogP contribution in [0.4, 0.5) is 10.1 Å². The molecule has 41 heavy (non-hydrogen) atoms. The molecule has 0 aliphatic rings. The van der Waals surface area contributed by atoms with Crippen molar-refractivity contribution in [1.82, 2.24) is 4.57 Å². The molecule has 1 aromatic heterocycles. The number of aromatic nitrogens is 1. The fourth-order valence-electron chi connectivity index (χ4n) is 5.19. The first kappa shape index (κ1) is 29.5. The van der Waals surface area contributed by atoms with Gasteiger partial charge >= 0.3 is 5.97 Å². The Kier molecular flexibility index (Phi) is 9.53. The summed E-state index contributed by atoms with van der Waals surface area (Å²) in [6.07, 6.45) is -0.781. The van der Waals surface area contributed by atoms with Gasteiger partial charge in [0.2, 0.25) is 0 Å². The summed E-state index contributed by atoms with van der Waals surface area (Å²) >= 11 is 0. The van der Waals surface area contributed by atoms with Crippen LogP contribution >= 0.6 is 0 Å². The fourth-order valence-corrected chi connectivity index (χ4v) is 5.19. The highest BCUT2D eigenvalue weighted by Crippen LogP contribution is 2.42. The molecule has 212 valence electrons. The molecule has 3 N–H and O–H groups in total. The molecule has 0 bridgehead atoms. The highest BCUT2D eigenvalue weighted by molar-refractivity contribution is 6.12. The fraction of sp³-hybridized carbons (Fsp3) is 0.235. The maximum Gasteiger partial charge on any atom is 0.305 e. The van der Waals surface area contributed by atoms with Crippen molar-refractivity contribution < 1.29 is 24.2 Å². The number of nitrogens with zero attached hydrogens (tertiary/aromatic N) is 1. The molecular weight excluding hydrogens is 519 g/mol. The van der Waals surface area contributed by atoms with Gasteiger partial charge in [0.1, 0.15) is 5.82 Å². The minimum Gasteiger partial charge on any atom is -0.481 e. The van der Waals surface area contributed by atoms with E-state index >= 15 is 0 Å². The molecule has 0 unspecified atom stereocenters. The summed E-state index contributed by atoms with van der Waals surface area (Å²) in [5, 5.41) is 22.2. The number of carbonyl (C=O) groups excluding carboxylic acids is 1. The van der Waals surface area contributed by atoms with E-state index in [1.165, 1.54) is 12.1 Å². The van der Waals surface area contributed by atoms with Crippen LogP contribution < -0.4 is 5.32 Å². The first-order chi connectivity index (χ1) is 19.7. The molecule has 0 radical (unpaired) electrons. The van der Waals surface area contributed by atoms with Crippen LogP contribution in [0.25, 0.3) is 22.4 Å². The summed E-state index contributed by atoms with van der Waals surface area (Å²) in [4.78, 5) is 25.1. The van der Waals surface area contributed by atoms with Gasteiger partial charge in [0, 0.05) is 23.5 Å². The second-order valence-corrected chi connectivity index (χ2v) is 10.4. The minimum atomic E-state index is -1.07. The Morgan fingerprint density at radius 2 is 1.51 bits per heavy atom. The number of aliphatic hydroxyl groups excluding tert-OH is 1. The van der Waals surface area contributed by atoms with E-state index in [1.54, 1.807) is 12.1 Å². The van der Waals surface area contributed by atoms with E-state index in [2.05, 4.69) is 16.5 Å². The molecule has 0 saturated heterocycles. The van der Waals surface area contributed by atoms with Gasteiger partial charge in [0.15, 0.2) is 0 Å². The maximum atomic E-state index is 14.1. The Bertz CT molecular complexity index is 1510. The predicted molar refractivity (Wildman–Crippen MR) is 160 cm³/mol. The number of halogens is 1. The smallest absolute Gasteiger partial charge is 0.305 e. The molecule has 0 fully saturated rings. The average Bonchev–Trinajstić information content (AvgIpc) is 3.28. The van der Waals surface area contributed by atoms with Crippen LogP contribution in [0.15, 0.2) is 97.1 Å². The summed E-state index contributed by atoms with van der Waals surface area (Å²) in [7, 11) is 0. The lowest BCUT2D eigenvalue weighted by molar-refractivity contribution is -0.139. The molecule has 0 spiro atoms. The summed E-state index contributed by atoms with van der Waals surface area (Å²) in [5.41, 5.74) is 5.83. The monoisotopic (exact) mass is 554 g/mol. The molecule has 0 saturated carbocycles. The third kappa shape index (κ3) is 7.18. The van der Waals surface area contributed by atoms with Crippen LogP contribution in [0.3, 0.4) is 0 Å². The van der Waals surface area contributed by atoms with Gasteiger partial charge in [-0.15, -0.1) is 0 Å². The van der Waals surface area contributed by atoms with Crippen molar-refractivity contribution in [2.24, 2.45) is 0 Å². The first-order valence-corrected chi connectivity index (χ1v) is 13.7. The van der Waals surface area contributed by atoms with Crippen LogP contribution in [0.2, 0.25) is 0 Å². The number of hydrogen-bond acceptors (Lipinski definition) is 3. The van der Waals surface area contributed by atoms with Gasteiger partial charge in [-0.2, -0.15) is 0 Å². The molecule has 4 aromatic rings.